The average molecular weight is 967 g/mol. The Labute approximate surface area is 444 Å². The summed E-state index contributed by atoms with van der Waals surface area (Å²) >= 11 is 0. The first-order valence-corrected chi connectivity index (χ1v) is 28.9. The molecule has 0 amide bonds. The maximum atomic E-state index is 2.62. The highest BCUT2D eigenvalue weighted by molar-refractivity contribution is 5.88. The molecule has 74 heavy (non-hydrogen) atoms. The van der Waals surface area contributed by atoms with Crippen LogP contribution in [0.2, 0.25) is 0 Å². The Bertz CT molecular complexity index is 3600. The molecule has 0 saturated carbocycles. The van der Waals surface area contributed by atoms with Crippen LogP contribution in [0.5, 0.6) is 0 Å². The molecule has 374 valence electrons. The number of hydrogen-bond acceptors (Lipinski definition) is 0. The molecule has 7 aromatic carbocycles. The van der Waals surface area contributed by atoms with E-state index in [-0.39, 0.29) is 5.92 Å². The number of allylic oxidation sites excluding steroid dienone is 4. The second-order valence-electron chi connectivity index (χ2n) is 23.8. The molecule has 0 spiro atoms. The molecule has 0 heteroatoms. The van der Waals surface area contributed by atoms with Crippen LogP contribution in [0.25, 0.3) is 11.1 Å². The predicted octanol–water partition coefficient (Wildman–Crippen LogP) is 17.9. The Morgan fingerprint density at radius 3 is 0.824 bits per heavy atom. The van der Waals surface area contributed by atoms with Gasteiger partial charge in [0.15, 0.2) is 0 Å². The SMILES string of the molecule is CC.CC.Cc1c(C)c2c3c(c1C)Cc1c(C)c4c(c(C)c1C3C1=C(C2)c2ccccc2C1)C1c2c(C)c3c(c(C)c2Cc2c(C)c(C)c(C)c(c21)C4)Cc1c(C)c(C)c(C)c2c1C3C1=C(C2)c2ccccc2C1. The maximum Gasteiger partial charge on any atom is 0.0357 e. The van der Waals surface area contributed by atoms with Crippen LogP contribution in [0.3, 0.4) is 0 Å². The van der Waals surface area contributed by atoms with Gasteiger partial charge < -0.3 is 0 Å². The molecule has 0 aromatic heterocycles. The molecule has 0 heterocycles. The fourth-order valence-corrected chi connectivity index (χ4v) is 17.6. The Morgan fingerprint density at radius 2 is 0.500 bits per heavy atom. The summed E-state index contributed by atoms with van der Waals surface area (Å²) in [6.45, 7) is 40.3. The summed E-state index contributed by atoms with van der Waals surface area (Å²) < 4.78 is 0. The van der Waals surface area contributed by atoms with Gasteiger partial charge in [0.2, 0.25) is 0 Å². The molecule has 0 bridgehead atoms. The molecule has 0 radical (unpaired) electrons. The van der Waals surface area contributed by atoms with Crippen LogP contribution in [-0.4, -0.2) is 0 Å². The van der Waals surface area contributed by atoms with Crippen LogP contribution in [0, 0.1) is 90.0 Å². The standard InChI is InChI=1S/C70H66.2C2H6/c1-30-33(4)47-24-53-39(10)55-26-49-35(6)32(3)36(7)50-27-56-40(11)54-25-48-34(5)31(2)38(9)52-29-58-46-21-17-15-19-44(46)23-60(58)69(66(48)52)62(54)42(13)64(56)70(67(49)50)63(55)41(12)61(53)68-59-22-43-18-14-16-20-45(43)57(59)28-51(37(30)8)65(47)68;2*1-2/h14-21,68-70H,22-29H2,1-13H3;2*1-2H3. The van der Waals surface area contributed by atoms with Crippen LogP contribution < -0.4 is 0 Å². The van der Waals surface area contributed by atoms with Gasteiger partial charge >= 0.3 is 0 Å². The molecule has 0 fully saturated rings. The average Bonchev–Trinajstić information content (AvgIpc) is 4.04. The van der Waals surface area contributed by atoms with Gasteiger partial charge in [-0.2, -0.15) is 0 Å². The minimum atomic E-state index is 0.212. The van der Waals surface area contributed by atoms with Crippen LogP contribution in [0.4, 0.5) is 0 Å². The van der Waals surface area contributed by atoms with Gasteiger partial charge in [-0.3, -0.25) is 0 Å². The van der Waals surface area contributed by atoms with E-state index in [9.17, 15) is 0 Å². The van der Waals surface area contributed by atoms with Gasteiger partial charge in [-0.05, 0) is 353 Å². The highest BCUT2D eigenvalue weighted by Gasteiger charge is 2.48. The second kappa shape index (κ2) is 16.5. The third-order valence-corrected chi connectivity index (χ3v) is 21.8. The fraction of sp³-hybridized carbons (Fsp3) is 0.378. The lowest BCUT2D eigenvalue weighted by molar-refractivity contribution is 0.740. The van der Waals surface area contributed by atoms with E-state index in [0.29, 0.717) is 11.8 Å². The second-order valence-corrected chi connectivity index (χ2v) is 23.8. The van der Waals surface area contributed by atoms with Crippen LogP contribution >= 0.6 is 0 Å². The van der Waals surface area contributed by atoms with Gasteiger partial charge in [-0.25, -0.2) is 0 Å². The Kier molecular flexibility index (Phi) is 10.6. The van der Waals surface area contributed by atoms with Crippen molar-refractivity contribution in [2.75, 3.05) is 0 Å². The first kappa shape index (κ1) is 47.7. The van der Waals surface area contributed by atoms with E-state index in [1.54, 1.807) is 139 Å². The highest BCUT2D eigenvalue weighted by atomic mass is 14.5. The summed E-state index contributed by atoms with van der Waals surface area (Å²) in [6, 6.07) is 18.8. The van der Waals surface area contributed by atoms with Crippen molar-refractivity contribution in [2.24, 2.45) is 0 Å². The zero-order chi connectivity index (χ0) is 52.0. The lowest BCUT2D eigenvalue weighted by atomic mass is 9.57. The van der Waals surface area contributed by atoms with E-state index in [1.807, 2.05) is 27.7 Å². The van der Waals surface area contributed by atoms with Crippen molar-refractivity contribution in [1.82, 2.24) is 0 Å². The van der Waals surface area contributed by atoms with E-state index in [0.717, 1.165) is 51.4 Å². The van der Waals surface area contributed by atoms with Gasteiger partial charge in [-0.1, -0.05) is 76.2 Å². The maximum absolute atomic E-state index is 2.62. The molecule has 7 aromatic rings. The predicted molar refractivity (Wildman–Crippen MR) is 314 cm³/mol. The number of hydrogen-bond donors (Lipinski definition) is 0. The van der Waals surface area contributed by atoms with Crippen LogP contribution in [0.1, 0.15) is 235 Å². The molecule has 8 aliphatic carbocycles. The van der Waals surface area contributed by atoms with Gasteiger partial charge in [-0.15, -0.1) is 0 Å². The largest absolute Gasteiger partial charge is 0.0683 e. The Balaban J connectivity index is 0.00000129. The lowest BCUT2D eigenvalue weighted by Crippen LogP contribution is -2.32. The first-order chi connectivity index (χ1) is 35.7. The number of rotatable bonds is 0. The lowest BCUT2D eigenvalue weighted by Gasteiger charge is -2.46. The highest BCUT2D eigenvalue weighted by Crippen LogP contribution is 2.62. The summed E-state index contributed by atoms with van der Waals surface area (Å²) in [5.74, 6) is 0.805. The quantitative estimate of drug-likeness (QED) is 0.142. The molecule has 2 atom stereocenters. The monoisotopic (exact) mass is 967 g/mol. The molecule has 0 nitrogen and oxygen atoms in total. The minimum absolute atomic E-state index is 0.212. The molecule has 0 N–H and O–H groups in total. The number of fused-ring (bicyclic) bond motifs is 14. The molecule has 2 unspecified atom stereocenters. The van der Waals surface area contributed by atoms with Crippen LogP contribution in [-0.2, 0) is 51.4 Å². The summed E-state index contributed by atoms with van der Waals surface area (Å²) in [7, 11) is 0. The summed E-state index contributed by atoms with van der Waals surface area (Å²) in [6.07, 6.45) is 8.46. The van der Waals surface area contributed by atoms with E-state index < -0.39 is 0 Å². The zero-order valence-corrected chi connectivity index (χ0v) is 48.0. The van der Waals surface area contributed by atoms with Gasteiger partial charge in [0.1, 0.15) is 0 Å². The molecular formula is C74H78. The van der Waals surface area contributed by atoms with Crippen molar-refractivity contribution in [3.63, 3.8) is 0 Å². The first-order valence-electron chi connectivity index (χ1n) is 28.9. The smallest absolute Gasteiger partial charge is 0.0357 e. The normalized spacial score (nSPS) is 18.7. The van der Waals surface area contributed by atoms with Crippen molar-refractivity contribution in [2.45, 2.75) is 187 Å². The van der Waals surface area contributed by atoms with Crippen molar-refractivity contribution in [3.05, 3.63) is 249 Å². The molecule has 0 aliphatic heterocycles. The summed E-state index contributed by atoms with van der Waals surface area (Å²) in [5, 5.41) is 0. The summed E-state index contributed by atoms with van der Waals surface area (Å²) in [5.41, 5.74) is 60.9. The van der Waals surface area contributed by atoms with E-state index in [1.165, 1.54) is 72.3 Å². The zero-order valence-electron chi connectivity index (χ0n) is 48.0. The molecule has 15 rings (SSSR count). The Morgan fingerprint density at radius 1 is 0.243 bits per heavy atom. The van der Waals surface area contributed by atoms with Crippen molar-refractivity contribution < 1.29 is 0 Å². The molecule has 0 saturated heterocycles. The minimum Gasteiger partial charge on any atom is -0.0683 e. The van der Waals surface area contributed by atoms with E-state index in [2.05, 4.69) is 139 Å². The van der Waals surface area contributed by atoms with E-state index >= 15 is 0 Å². The number of benzene rings is 7. The van der Waals surface area contributed by atoms with Crippen molar-refractivity contribution >= 4 is 11.1 Å². The van der Waals surface area contributed by atoms with Gasteiger partial charge in [0.25, 0.3) is 0 Å². The molecule has 8 aliphatic rings. The van der Waals surface area contributed by atoms with Crippen molar-refractivity contribution in [3.8, 4) is 0 Å². The van der Waals surface area contributed by atoms with Gasteiger partial charge in [0, 0.05) is 17.8 Å². The van der Waals surface area contributed by atoms with Crippen molar-refractivity contribution in [1.29, 1.82) is 0 Å². The summed E-state index contributed by atoms with van der Waals surface area (Å²) in [4.78, 5) is 0. The molecular weight excluding hydrogens is 889 g/mol. The van der Waals surface area contributed by atoms with Crippen LogP contribution in [0.15, 0.2) is 59.7 Å². The third-order valence-electron chi connectivity index (χ3n) is 21.8. The fourth-order valence-electron chi connectivity index (χ4n) is 17.6. The van der Waals surface area contributed by atoms with E-state index in [4.69, 9.17) is 0 Å². The Hall–Kier alpha value is -5.98. The van der Waals surface area contributed by atoms with Gasteiger partial charge in [0.05, 0.1) is 0 Å². The third kappa shape index (κ3) is 5.77. The topological polar surface area (TPSA) is 0 Å².